The van der Waals surface area contributed by atoms with Crippen LogP contribution in [-0.4, -0.2) is 15.5 Å². The second kappa shape index (κ2) is 5.04. The van der Waals surface area contributed by atoms with Crippen molar-refractivity contribution in [3.8, 4) is 0 Å². The summed E-state index contributed by atoms with van der Waals surface area (Å²) in [6.07, 6.45) is 3.81. The Bertz CT molecular complexity index is 572. The van der Waals surface area contributed by atoms with E-state index in [0.29, 0.717) is 0 Å². The van der Waals surface area contributed by atoms with E-state index in [4.69, 9.17) is 0 Å². The number of aryl methyl sites for hydroxylation is 3. The Kier molecular flexibility index (Phi) is 3.46. The molecule has 1 aromatic carbocycles. The van der Waals surface area contributed by atoms with Gasteiger partial charge >= 0.3 is 0 Å². The molecule has 4 nitrogen and oxygen atoms in total. The number of amides is 1. The van der Waals surface area contributed by atoms with E-state index in [1.807, 2.05) is 42.9 Å². The number of rotatable bonds is 3. The van der Waals surface area contributed by atoms with Crippen molar-refractivity contribution in [3.05, 3.63) is 47.5 Å². The first-order chi connectivity index (χ1) is 8.56. The van der Waals surface area contributed by atoms with Crippen LogP contribution in [0.25, 0.3) is 0 Å². The molecule has 0 fully saturated rings. The Morgan fingerprint density at radius 2 is 2.11 bits per heavy atom. The standard InChI is InChI=1S/C14H17N3O/c1-10-4-5-12(8-11(10)2)16-14(18)9-13-15-6-7-17(13)3/h4-8H,9H2,1-3H3,(H,16,18). The van der Waals surface area contributed by atoms with Gasteiger partial charge in [0.2, 0.25) is 5.91 Å². The number of hydrogen-bond donors (Lipinski definition) is 1. The number of hydrogen-bond acceptors (Lipinski definition) is 2. The lowest BCUT2D eigenvalue weighted by molar-refractivity contribution is -0.115. The molecule has 0 saturated carbocycles. The number of anilines is 1. The van der Waals surface area contributed by atoms with Gasteiger partial charge in [-0.3, -0.25) is 4.79 Å². The van der Waals surface area contributed by atoms with Crippen LogP contribution in [0.3, 0.4) is 0 Å². The summed E-state index contributed by atoms with van der Waals surface area (Å²) in [5.74, 6) is 0.712. The zero-order valence-electron chi connectivity index (χ0n) is 10.9. The number of imidazole rings is 1. The summed E-state index contributed by atoms with van der Waals surface area (Å²) in [4.78, 5) is 16.0. The maximum atomic E-state index is 11.9. The van der Waals surface area contributed by atoms with Crippen molar-refractivity contribution in [1.29, 1.82) is 0 Å². The van der Waals surface area contributed by atoms with Gasteiger partial charge in [0.05, 0.1) is 6.42 Å². The van der Waals surface area contributed by atoms with Gasteiger partial charge in [0.25, 0.3) is 0 Å². The zero-order chi connectivity index (χ0) is 13.1. The van der Waals surface area contributed by atoms with Crippen molar-refractivity contribution in [2.75, 3.05) is 5.32 Å². The molecule has 2 rings (SSSR count). The predicted octanol–water partition coefficient (Wildman–Crippen LogP) is 2.22. The molecule has 0 unspecified atom stereocenters. The Balaban J connectivity index is 2.03. The molecule has 0 aliphatic carbocycles. The summed E-state index contributed by atoms with van der Waals surface area (Å²) in [5.41, 5.74) is 3.22. The molecule has 1 heterocycles. The first-order valence-electron chi connectivity index (χ1n) is 5.89. The van der Waals surface area contributed by atoms with Crippen LogP contribution < -0.4 is 5.32 Å². The largest absolute Gasteiger partial charge is 0.338 e. The van der Waals surface area contributed by atoms with E-state index >= 15 is 0 Å². The lowest BCUT2D eigenvalue weighted by Gasteiger charge is -2.07. The second-order valence-corrected chi connectivity index (χ2v) is 4.48. The average molecular weight is 243 g/mol. The summed E-state index contributed by atoms with van der Waals surface area (Å²) in [6.45, 7) is 4.08. The molecule has 0 saturated heterocycles. The van der Waals surface area contributed by atoms with Crippen LogP contribution >= 0.6 is 0 Å². The fourth-order valence-electron chi connectivity index (χ4n) is 1.73. The van der Waals surface area contributed by atoms with Crippen molar-refractivity contribution in [3.63, 3.8) is 0 Å². The van der Waals surface area contributed by atoms with Gasteiger partial charge in [0, 0.05) is 25.1 Å². The number of carbonyl (C=O) groups excluding carboxylic acids is 1. The summed E-state index contributed by atoms with van der Waals surface area (Å²) < 4.78 is 1.85. The summed E-state index contributed by atoms with van der Waals surface area (Å²) in [6, 6.07) is 5.90. The van der Waals surface area contributed by atoms with E-state index in [-0.39, 0.29) is 12.3 Å². The summed E-state index contributed by atoms with van der Waals surface area (Å²) >= 11 is 0. The normalized spacial score (nSPS) is 10.4. The number of aromatic nitrogens is 2. The molecule has 1 N–H and O–H groups in total. The number of nitrogens with zero attached hydrogens (tertiary/aromatic N) is 2. The first kappa shape index (κ1) is 12.4. The fourth-order valence-corrected chi connectivity index (χ4v) is 1.73. The van der Waals surface area contributed by atoms with Gasteiger partial charge in [-0.15, -0.1) is 0 Å². The van der Waals surface area contributed by atoms with Crippen molar-refractivity contribution >= 4 is 11.6 Å². The second-order valence-electron chi connectivity index (χ2n) is 4.48. The van der Waals surface area contributed by atoms with E-state index in [1.54, 1.807) is 6.20 Å². The maximum Gasteiger partial charge on any atom is 0.231 e. The van der Waals surface area contributed by atoms with Crippen molar-refractivity contribution in [2.24, 2.45) is 7.05 Å². The van der Waals surface area contributed by atoms with E-state index in [2.05, 4.69) is 17.2 Å². The van der Waals surface area contributed by atoms with Crippen LogP contribution in [0.15, 0.2) is 30.6 Å². The Morgan fingerprint density at radius 3 is 2.72 bits per heavy atom. The molecule has 0 spiro atoms. The lowest BCUT2D eigenvalue weighted by Crippen LogP contribution is -2.16. The molecule has 0 aliphatic heterocycles. The highest BCUT2D eigenvalue weighted by molar-refractivity contribution is 5.91. The molecule has 0 aliphatic rings. The maximum absolute atomic E-state index is 11.9. The molecule has 0 atom stereocenters. The smallest absolute Gasteiger partial charge is 0.231 e. The molecule has 2 aromatic rings. The van der Waals surface area contributed by atoms with Gasteiger partial charge in [-0.05, 0) is 37.1 Å². The molecular weight excluding hydrogens is 226 g/mol. The highest BCUT2D eigenvalue weighted by Crippen LogP contribution is 2.14. The van der Waals surface area contributed by atoms with E-state index < -0.39 is 0 Å². The van der Waals surface area contributed by atoms with E-state index in [9.17, 15) is 4.79 Å². The van der Waals surface area contributed by atoms with Crippen LogP contribution in [0.2, 0.25) is 0 Å². The molecule has 18 heavy (non-hydrogen) atoms. The highest BCUT2D eigenvalue weighted by Gasteiger charge is 2.08. The highest BCUT2D eigenvalue weighted by atomic mass is 16.1. The average Bonchev–Trinajstić information content (AvgIpc) is 2.70. The van der Waals surface area contributed by atoms with Crippen molar-refractivity contribution in [2.45, 2.75) is 20.3 Å². The van der Waals surface area contributed by atoms with Gasteiger partial charge in [-0.2, -0.15) is 0 Å². The SMILES string of the molecule is Cc1ccc(NC(=O)Cc2nccn2C)cc1C. The Labute approximate surface area is 107 Å². The molecule has 0 radical (unpaired) electrons. The molecule has 1 amide bonds. The molecule has 0 bridgehead atoms. The number of benzene rings is 1. The van der Waals surface area contributed by atoms with Crippen LogP contribution in [0.5, 0.6) is 0 Å². The van der Waals surface area contributed by atoms with E-state index in [0.717, 1.165) is 11.5 Å². The van der Waals surface area contributed by atoms with E-state index in [1.165, 1.54) is 11.1 Å². The lowest BCUT2D eigenvalue weighted by atomic mass is 10.1. The topological polar surface area (TPSA) is 46.9 Å². The number of nitrogens with one attached hydrogen (secondary N) is 1. The predicted molar refractivity (Wildman–Crippen MR) is 71.5 cm³/mol. The summed E-state index contributed by atoms with van der Waals surface area (Å²) in [7, 11) is 1.88. The molecule has 1 aromatic heterocycles. The quantitative estimate of drug-likeness (QED) is 0.898. The summed E-state index contributed by atoms with van der Waals surface area (Å²) in [5, 5.41) is 2.88. The molecule has 4 heteroatoms. The molecular formula is C14H17N3O. The Morgan fingerprint density at radius 1 is 1.33 bits per heavy atom. The Hall–Kier alpha value is -2.10. The van der Waals surface area contributed by atoms with Gasteiger partial charge in [-0.1, -0.05) is 6.07 Å². The third-order valence-corrected chi connectivity index (χ3v) is 3.03. The van der Waals surface area contributed by atoms with Crippen molar-refractivity contribution in [1.82, 2.24) is 9.55 Å². The van der Waals surface area contributed by atoms with Crippen LogP contribution in [-0.2, 0) is 18.3 Å². The van der Waals surface area contributed by atoms with Gasteiger partial charge in [-0.25, -0.2) is 4.98 Å². The monoisotopic (exact) mass is 243 g/mol. The minimum atomic E-state index is -0.0486. The first-order valence-corrected chi connectivity index (χ1v) is 5.89. The fraction of sp³-hybridized carbons (Fsp3) is 0.286. The minimum absolute atomic E-state index is 0.0486. The third kappa shape index (κ3) is 2.77. The molecule has 94 valence electrons. The van der Waals surface area contributed by atoms with Gasteiger partial charge in [0.1, 0.15) is 5.82 Å². The van der Waals surface area contributed by atoms with Crippen LogP contribution in [0, 0.1) is 13.8 Å². The zero-order valence-corrected chi connectivity index (χ0v) is 10.9. The minimum Gasteiger partial charge on any atom is -0.338 e. The van der Waals surface area contributed by atoms with Crippen LogP contribution in [0.4, 0.5) is 5.69 Å². The number of carbonyl (C=O) groups is 1. The van der Waals surface area contributed by atoms with Gasteiger partial charge < -0.3 is 9.88 Å². The van der Waals surface area contributed by atoms with Gasteiger partial charge in [0.15, 0.2) is 0 Å². The third-order valence-electron chi connectivity index (χ3n) is 3.03. The van der Waals surface area contributed by atoms with Crippen LogP contribution in [0.1, 0.15) is 17.0 Å². The van der Waals surface area contributed by atoms with Crippen molar-refractivity contribution < 1.29 is 4.79 Å².